The zero-order chi connectivity index (χ0) is 21.2. The number of amides is 2. The van der Waals surface area contributed by atoms with Crippen molar-refractivity contribution < 1.29 is 9.59 Å². The van der Waals surface area contributed by atoms with Crippen molar-refractivity contribution >= 4 is 35.0 Å². The minimum atomic E-state index is -0.536. The molecule has 4 nitrogen and oxygen atoms in total. The lowest BCUT2D eigenvalue weighted by Gasteiger charge is -2.31. The largest absolute Gasteiger partial charge is 0.354 e. The van der Waals surface area contributed by atoms with Gasteiger partial charge in [0.15, 0.2) is 0 Å². The highest BCUT2D eigenvalue weighted by Crippen LogP contribution is 2.23. The molecule has 1 atom stereocenters. The van der Waals surface area contributed by atoms with Crippen LogP contribution in [0.25, 0.3) is 0 Å². The number of nitrogens with one attached hydrogen (secondary N) is 1. The van der Waals surface area contributed by atoms with Crippen LogP contribution in [0, 0.1) is 0 Å². The van der Waals surface area contributed by atoms with Crippen molar-refractivity contribution in [2.24, 2.45) is 0 Å². The number of unbranched alkanes of at least 4 members (excludes halogenated alkanes) is 1. The lowest BCUT2D eigenvalue weighted by atomic mass is 10.1. The Morgan fingerprint density at radius 1 is 1.07 bits per heavy atom. The summed E-state index contributed by atoms with van der Waals surface area (Å²) in [5, 5.41) is 3.93. The lowest BCUT2D eigenvalue weighted by Crippen LogP contribution is -2.49. The summed E-state index contributed by atoms with van der Waals surface area (Å²) >= 11 is 12.2. The van der Waals surface area contributed by atoms with Crippen LogP contribution in [0.1, 0.15) is 44.2 Å². The van der Waals surface area contributed by atoms with Crippen molar-refractivity contribution in [2.75, 3.05) is 6.54 Å². The summed E-state index contributed by atoms with van der Waals surface area (Å²) in [5.41, 5.74) is 1.67. The number of hydrogen-bond donors (Lipinski definition) is 1. The summed E-state index contributed by atoms with van der Waals surface area (Å²) in [6.07, 6.45) is 2.56. The maximum absolute atomic E-state index is 13.2. The first-order valence-corrected chi connectivity index (χ1v) is 10.8. The molecule has 156 valence electrons. The van der Waals surface area contributed by atoms with Gasteiger partial charge in [0.2, 0.25) is 11.8 Å². The van der Waals surface area contributed by atoms with Crippen LogP contribution in [-0.2, 0) is 22.6 Å². The van der Waals surface area contributed by atoms with Crippen LogP contribution in [0.5, 0.6) is 0 Å². The van der Waals surface area contributed by atoms with E-state index in [1.165, 1.54) is 0 Å². The maximum Gasteiger partial charge on any atom is 0.242 e. The van der Waals surface area contributed by atoms with Crippen molar-refractivity contribution in [1.82, 2.24) is 10.2 Å². The van der Waals surface area contributed by atoms with E-state index >= 15 is 0 Å². The maximum atomic E-state index is 13.2. The molecule has 0 aliphatic heterocycles. The Morgan fingerprint density at radius 2 is 1.79 bits per heavy atom. The van der Waals surface area contributed by atoms with Crippen LogP contribution in [0.2, 0.25) is 10.0 Å². The summed E-state index contributed by atoms with van der Waals surface area (Å²) in [7, 11) is 0. The predicted molar refractivity (Wildman–Crippen MR) is 119 cm³/mol. The van der Waals surface area contributed by atoms with Crippen molar-refractivity contribution in [3.8, 4) is 0 Å². The fourth-order valence-electron chi connectivity index (χ4n) is 3.14. The second-order valence-corrected chi connectivity index (χ2v) is 7.83. The van der Waals surface area contributed by atoms with Crippen LogP contribution in [0.15, 0.2) is 48.5 Å². The number of carbonyl (C=O) groups is 2. The van der Waals surface area contributed by atoms with Crippen molar-refractivity contribution in [3.05, 3.63) is 69.7 Å². The number of hydrogen-bond acceptors (Lipinski definition) is 2. The van der Waals surface area contributed by atoms with Crippen LogP contribution in [0.4, 0.5) is 0 Å². The van der Waals surface area contributed by atoms with Crippen LogP contribution < -0.4 is 5.32 Å². The smallest absolute Gasteiger partial charge is 0.242 e. The molecule has 0 saturated carbocycles. The molecule has 6 heteroatoms. The molecular formula is C23H28Cl2N2O2. The molecule has 2 aromatic rings. The fraction of sp³-hybridized carbons (Fsp3) is 0.391. The topological polar surface area (TPSA) is 49.4 Å². The average molecular weight is 435 g/mol. The third-order valence-corrected chi connectivity index (χ3v) is 5.35. The van der Waals surface area contributed by atoms with Gasteiger partial charge in [0.05, 0.1) is 6.42 Å². The Labute approximate surface area is 183 Å². The molecule has 0 fully saturated rings. The monoisotopic (exact) mass is 434 g/mol. The number of carbonyl (C=O) groups excluding carboxylic acids is 2. The first kappa shape index (κ1) is 23.2. The molecule has 0 aliphatic rings. The summed E-state index contributed by atoms with van der Waals surface area (Å²) in [4.78, 5) is 27.7. The van der Waals surface area contributed by atoms with Gasteiger partial charge >= 0.3 is 0 Å². The Kier molecular flexibility index (Phi) is 9.49. The van der Waals surface area contributed by atoms with E-state index in [0.717, 1.165) is 18.4 Å². The van der Waals surface area contributed by atoms with Gasteiger partial charge < -0.3 is 10.2 Å². The molecule has 0 heterocycles. The molecule has 29 heavy (non-hydrogen) atoms. The van der Waals surface area contributed by atoms with E-state index in [4.69, 9.17) is 23.2 Å². The Morgan fingerprint density at radius 3 is 2.41 bits per heavy atom. The van der Waals surface area contributed by atoms with Gasteiger partial charge in [-0.1, -0.05) is 79.9 Å². The molecule has 0 bridgehead atoms. The highest BCUT2D eigenvalue weighted by atomic mass is 35.5. The summed E-state index contributed by atoms with van der Waals surface area (Å²) in [6.45, 7) is 4.97. The van der Waals surface area contributed by atoms with E-state index in [-0.39, 0.29) is 18.2 Å². The van der Waals surface area contributed by atoms with Crippen LogP contribution >= 0.6 is 23.2 Å². The van der Waals surface area contributed by atoms with E-state index in [2.05, 4.69) is 12.2 Å². The predicted octanol–water partition coefficient (Wildman–Crippen LogP) is 5.26. The van der Waals surface area contributed by atoms with Crippen molar-refractivity contribution in [1.29, 1.82) is 0 Å². The van der Waals surface area contributed by atoms with Crippen LogP contribution in [0.3, 0.4) is 0 Å². The summed E-state index contributed by atoms with van der Waals surface area (Å²) < 4.78 is 0. The Balaban J connectivity index is 2.24. The third kappa shape index (κ3) is 7.06. The molecule has 2 aromatic carbocycles. The molecule has 2 amide bonds. The molecule has 0 radical (unpaired) electrons. The molecule has 0 aliphatic carbocycles. The highest BCUT2D eigenvalue weighted by molar-refractivity contribution is 6.35. The standard InChI is InChI=1S/C23H28Cl2N2O2/c1-3-5-13-26-23(29)21(4-2)27(16-17-9-7-6-8-10-17)22(28)14-18-11-12-19(24)15-20(18)25/h6-12,15,21H,3-5,13-14,16H2,1-2H3,(H,26,29)/t21-/m1/s1. The van der Waals surface area contributed by atoms with Gasteiger partial charge in [-0.05, 0) is 36.1 Å². The molecular weight excluding hydrogens is 407 g/mol. The molecule has 2 rings (SSSR count). The van der Waals surface area contributed by atoms with Crippen molar-refractivity contribution in [3.63, 3.8) is 0 Å². The summed E-state index contributed by atoms with van der Waals surface area (Å²) in [6, 6.07) is 14.3. The number of rotatable bonds is 10. The van der Waals surface area contributed by atoms with E-state index in [9.17, 15) is 9.59 Å². The van der Waals surface area contributed by atoms with E-state index < -0.39 is 6.04 Å². The number of benzene rings is 2. The first-order chi connectivity index (χ1) is 14.0. The number of halogens is 2. The van der Waals surface area contributed by atoms with Gasteiger partial charge in [0, 0.05) is 23.1 Å². The van der Waals surface area contributed by atoms with E-state index in [1.807, 2.05) is 37.3 Å². The van der Waals surface area contributed by atoms with Gasteiger partial charge in [-0.3, -0.25) is 9.59 Å². The minimum Gasteiger partial charge on any atom is -0.354 e. The normalized spacial score (nSPS) is 11.7. The lowest BCUT2D eigenvalue weighted by molar-refractivity contribution is -0.140. The first-order valence-electron chi connectivity index (χ1n) is 10.0. The number of nitrogens with zero attached hydrogens (tertiary/aromatic N) is 1. The van der Waals surface area contributed by atoms with Gasteiger partial charge in [-0.2, -0.15) is 0 Å². The molecule has 0 aromatic heterocycles. The fourth-order valence-corrected chi connectivity index (χ4v) is 3.61. The molecule has 0 unspecified atom stereocenters. The second-order valence-electron chi connectivity index (χ2n) is 6.99. The summed E-state index contributed by atoms with van der Waals surface area (Å²) in [5.74, 6) is -0.261. The highest BCUT2D eigenvalue weighted by Gasteiger charge is 2.28. The van der Waals surface area contributed by atoms with E-state index in [0.29, 0.717) is 35.1 Å². The zero-order valence-electron chi connectivity index (χ0n) is 17.0. The van der Waals surface area contributed by atoms with Gasteiger partial charge in [0.25, 0.3) is 0 Å². The quantitative estimate of drug-likeness (QED) is 0.518. The molecule has 1 N–H and O–H groups in total. The molecule has 0 spiro atoms. The third-order valence-electron chi connectivity index (χ3n) is 4.77. The average Bonchev–Trinajstić information content (AvgIpc) is 2.71. The Bertz CT molecular complexity index is 812. The van der Waals surface area contributed by atoms with Gasteiger partial charge in [-0.25, -0.2) is 0 Å². The van der Waals surface area contributed by atoms with Gasteiger partial charge in [-0.15, -0.1) is 0 Å². The van der Waals surface area contributed by atoms with Crippen LogP contribution in [-0.4, -0.2) is 29.3 Å². The van der Waals surface area contributed by atoms with Gasteiger partial charge in [0.1, 0.15) is 6.04 Å². The Hall–Kier alpha value is -2.04. The minimum absolute atomic E-state index is 0.113. The molecule has 0 saturated heterocycles. The van der Waals surface area contributed by atoms with E-state index in [1.54, 1.807) is 23.1 Å². The SMILES string of the molecule is CCCCNC(=O)[C@@H](CC)N(Cc1ccccc1)C(=O)Cc1ccc(Cl)cc1Cl. The zero-order valence-corrected chi connectivity index (χ0v) is 18.5. The van der Waals surface area contributed by atoms with Crippen molar-refractivity contribution in [2.45, 2.75) is 52.1 Å². The second kappa shape index (κ2) is 11.8.